The molecule has 1 aromatic carbocycles. The monoisotopic (exact) mass is 227 g/mol. The van der Waals surface area contributed by atoms with Crippen LogP contribution in [0.15, 0.2) is 24.4 Å². The van der Waals surface area contributed by atoms with Crippen LogP contribution in [0.1, 0.15) is 44.4 Å². The van der Waals surface area contributed by atoms with Gasteiger partial charge in [0, 0.05) is 11.6 Å². The molecule has 0 saturated heterocycles. The number of benzene rings is 1. The number of aryl methyl sites for hydroxylation is 2. The fraction of sp³-hybridized carbons (Fsp3) is 0.438. The van der Waals surface area contributed by atoms with Gasteiger partial charge in [0.2, 0.25) is 0 Å². The Kier molecular flexibility index (Phi) is 2.94. The predicted molar refractivity (Wildman–Crippen MR) is 74.6 cm³/mol. The maximum atomic E-state index is 4.59. The van der Waals surface area contributed by atoms with Crippen LogP contribution in [0, 0.1) is 6.92 Å². The van der Waals surface area contributed by atoms with Crippen LogP contribution in [0.4, 0.5) is 0 Å². The van der Waals surface area contributed by atoms with Gasteiger partial charge in [0.15, 0.2) is 0 Å². The van der Waals surface area contributed by atoms with Crippen LogP contribution in [0.2, 0.25) is 0 Å². The summed E-state index contributed by atoms with van der Waals surface area (Å²) < 4.78 is 0. The molecule has 0 bridgehead atoms. The van der Waals surface area contributed by atoms with Gasteiger partial charge in [-0.3, -0.25) is 4.98 Å². The summed E-state index contributed by atoms with van der Waals surface area (Å²) in [5.74, 6) is 0. The van der Waals surface area contributed by atoms with Gasteiger partial charge < -0.3 is 0 Å². The molecule has 1 aromatic heterocycles. The van der Waals surface area contributed by atoms with Gasteiger partial charge in [-0.15, -0.1) is 0 Å². The van der Waals surface area contributed by atoms with Gasteiger partial charge in [-0.2, -0.15) is 0 Å². The minimum Gasteiger partial charge on any atom is -0.256 e. The third-order valence-electron chi connectivity index (χ3n) is 3.49. The van der Waals surface area contributed by atoms with Gasteiger partial charge in [-0.25, -0.2) is 0 Å². The van der Waals surface area contributed by atoms with E-state index in [0.717, 1.165) is 11.9 Å². The molecule has 2 rings (SSSR count). The van der Waals surface area contributed by atoms with Crippen LogP contribution in [0.25, 0.3) is 10.9 Å². The minimum absolute atomic E-state index is 0.188. The molecule has 0 unspecified atom stereocenters. The molecule has 0 aliphatic rings. The van der Waals surface area contributed by atoms with E-state index in [1.54, 1.807) is 0 Å². The molecule has 0 aliphatic carbocycles. The molecular formula is C16H21N. The van der Waals surface area contributed by atoms with E-state index < -0.39 is 0 Å². The van der Waals surface area contributed by atoms with Crippen LogP contribution in [-0.2, 0) is 11.8 Å². The Labute approximate surface area is 104 Å². The summed E-state index contributed by atoms with van der Waals surface area (Å²) in [6.45, 7) is 11.1. The molecule has 0 aliphatic heterocycles. The van der Waals surface area contributed by atoms with Crippen molar-refractivity contribution in [3.05, 3.63) is 41.1 Å². The van der Waals surface area contributed by atoms with Gasteiger partial charge in [-0.1, -0.05) is 39.8 Å². The first-order chi connectivity index (χ1) is 7.93. The van der Waals surface area contributed by atoms with E-state index in [0.29, 0.717) is 0 Å². The molecule has 0 amide bonds. The normalized spacial score (nSPS) is 12.1. The summed E-state index contributed by atoms with van der Waals surface area (Å²) >= 11 is 0. The van der Waals surface area contributed by atoms with Crippen molar-refractivity contribution >= 4 is 10.9 Å². The quantitative estimate of drug-likeness (QED) is 0.703. The average Bonchev–Trinajstić information content (AvgIpc) is 2.28. The fourth-order valence-corrected chi connectivity index (χ4v) is 2.20. The van der Waals surface area contributed by atoms with Crippen molar-refractivity contribution in [2.45, 2.75) is 46.5 Å². The van der Waals surface area contributed by atoms with Crippen molar-refractivity contribution in [2.24, 2.45) is 0 Å². The zero-order valence-corrected chi connectivity index (χ0v) is 11.5. The van der Waals surface area contributed by atoms with E-state index >= 15 is 0 Å². The van der Waals surface area contributed by atoms with Crippen molar-refractivity contribution in [1.82, 2.24) is 4.98 Å². The van der Waals surface area contributed by atoms with Gasteiger partial charge >= 0.3 is 0 Å². The molecule has 0 atom stereocenters. The Morgan fingerprint density at radius 1 is 1.18 bits per heavy atom. The van der Waals surface area contributed by atoms with Crippen molar-refractivity contribution in [3.8, 4) is 0 Å². The largest absolute Gasteiger partial charge is 0.256 e. The zero-order chi connectivity index (χ0) is 12.6. The standard InChI is InChI=1S/C16H21N/c1-6-12-10-17-15-9-13(16(3,4)5)7-8-14(15)11(12)2/h7-10H,6H2,1-5H3. The summed E-state index contributed by atoms with van der Waals surface area (Å²) in [6, 6.07) is 6.68. The predicted octanol–water partition coefficient (Wildman–Crippen LogP) is 4.40. The number of rotatable bonds is 1. The second-order valence-electron chi connectivity index (χ2n) is 5.74. The smallest absolute Gasteiger partial charge is 0.0707 e. The third-order valence-corrected chi connectivity index (χ3v) is 3.49. The molecule has 0 radical (unpaired) electrons. The first kappa shape index (κ1) is 12.1. The van der Waals surface area contributed by atoms with Crippen molar-refractivity contribution in [2.75, 3.05) is 0 Å². The van der Waals surface area contributed by atoms with E-state index in [1.807, 2.05) is 6.20 Å². The molecule has 0 spiro atoms. The van der Waals surface area contributed by atoms with E-state index in [-0.39, 0.29) is 5.41 Å². The highest BCUT2D eigenvalue weighted by Gasteiger charge is 2.14. The zero-order valence-electron chi connectivity index (χ0n) is 11.5. The maximum absolute atomic E-state index is 4.59. The summed E-state index contributed by atoms with van der Waals surface area (Å²) in [5.41, 5.74) is 5.37. The lowest BCUT2D eigenvalue weighted by Crippen LogP contribution is -2.10. The second-order valence-corrected chi connectivity index (χ2v) is 5.74. The number of pyridine rings is 1. The summed E-state index contributed by atoms with van der Waals surface area (Å²) in [6.07, 6.45) is 3.07. The fourth-order valence-electron chi connectivity index (χ4n) is 2.20. The summed E-state index contributed by atoms with van der Waals surface area (Å²) in [5, 5.41) is 1.29. The first-order valence-electron chi connectivity index (χ1n) is 6.32. The van der Waals surface area contributed by atoms with E-state index in [1.165, 1.54) is 22.1 Å². The van der Waals surface area contributed by atoms with Crippen molar-refractivity contribution in [3.63, 3.8) is 0 Å². The summed E-state index contributed by atoms with van der Waals surface area (Å²) in [7, 11) is 0. The number of hydrogen-bond donors (Lipinski definition) is 0. The molecule has 2 aromatic rings. The number of aromatic nitrogens is 1. The number of hydrogen-bond acceptors (Lipinski definition) is 1. The van der Waals surface area contributed by atoms with Gasteiger partial charge in [0.05, 0.1) is 5.52 Å². The Hall–Kier alpha value is -1.37. The lowest BCUT2D eigenvalue weighted by Gasteiger charge is -2.19. The number of fused-ring (bicyclic) bond motifs is 1. The molecule has 0 N–H and O–H groups in total. The molecular weight excluding hydrogens is 206 g/mol. The van der Waals surface area contributed by atoms with Gasteiger partial charge in [-0.05, 0) is 41.5 Å². The highest BCUT2D eigenvalue weighted by molar-refractivity contribution is 5.83. The Bertz CT molecular complexity index is 547. The molecule has 0 fully saturated rings. The van der Waals surface area contributed by atoms with Crippen LogP contribution < -0.4 is 0 Å². The van der Waals surface area contributed by atoms with Crippen LogP contribution >= 0.6 is 0 Å². The van der Waals surface area contributed by atoms with E-state index in [2.05, 4.69) is 57.8 Å². The maximum Gasteiger partial charge on any atom is 0.0707 e. The summed E-state index contributed by atoms with van der Waals surface area (Å²) in [4.78, 5) is 4.59. The lowest BCUT2D eigenvalue weighted by molar-refractivity contribution is 0.591. The molecule has 17 heavy (non-hydrogen) atoms. The van der Waals surface area contributed by atoms with E-state index in [4.69, 9.17) is 0 Å². The van der Waals surface area contributed by atoms with Gasteiger partial charge in [0.25, 0.3) is 0 Å². The molecule has 0 saturated carbocycles. The first-order valence-corrected chi connectivity index (χ1v) is 6.32. The molecule has 1 heteroatoms. The highest BCUT2D eigenvalue weighted by atomic mass is 14.7. The topological polar surface area (TPSA) is 12.9 Å². The van der Waals surface area contributed by atoms with Crippen molar-refractivity contribution < 1.29 is 0 Å². The van der Waals surface area contributed by atoms with Gasteiger partial charge in [0.1, 0.15) is 0 Å². The molecule has 1 heterocycles. The minimum atomic E-state index is 0.188. The van der Waals surface area contributed by atoms with Crippen LogP contribution in [-0.4, -0.2) is 4.98 Å². The van der Waals surface area contributed by atoms with E-state index in [9.17, 15) is 0 Å². The second kappa shape index (κ2) is 4.14. The Morgan fingerprint density at radius 2 is 1.88 bits per heavy atom. The van der Waals surface area contributed by atoms with Crippen molar-refractivity contribution in [1.29, 1.82) is 0 Å². The molecule has 90 valence electrons. The Morgan fingerprint density at radius 3 is 2.47 bits per heavy atom. The Balaban J connectivity index is 2.66. The van der Waals surface area contributed by atoms with Crippen LogP contribution in [0.3, 0.4) is 0 Å². The average molecular weight is 227 g/mol. The third kappa shape index (κ3) is 2.19. The number of nitrogens with zero attached hydrogens (tertiary/aromatic N) is 1. The SMILES string of the molecule is CCc1cnc2cc(C(C)(C)C)ccc2c1C. The lowest BCUT2D eigenvalue weighted by atomic mass is 9.86. The van der Waals surface area contributed by atoms with Crippen LogP contribution in [0.5, 0.6) is 0 Å². The molecule has 1 nitrogen and oxygen atoms in total. The highest BCUT2D eigenvalue weighted by Crippen LogP contribution is 2.27.